The molecular formula is C46H76O38. The van der Waals surface area contributed by atoms with Crippen molar-refractivity contribution in [2.45, 2.75) is 229 Å². The molecule has 21 N–H and O–H groups in total. The molecule has 0 bridgehead atoms. The maximum absolute atomic E-state index is 12.6. The Bertz CT molecular complexity index is 2040. The first-order valence-electron chi connectivity index (χ1n) is 26.4. The van der Waals surface area contributed by atoms with Gasteiger partial charge in [-0.3, -0.25) is 9.59 Å². The molecule has 7 aliphatic heterocycles. The summed E-state index contributed by atoms with van der Waals surface area (Å²) in [5, 5.41) is 224. The SMILES string of the molecule is CC(=O)O[C@@H]1[C@H](O[C@H]2[C@H](O)[C@H](OC(C)=O)[C@H](O[C@H]3[C@H](O)[C@H](O)[C@H](O[C@H]4[C@H](O)[C@H](O)C(O)O[C@@H]4CO)O[C@@H]3CO)O[C@@H]2CO)O[C@H](CO)[C@@H](O[C@@H]2O[C@H](CO)[C@@H](O[C@@H]3O[C@H](CO)[C@@H](O[C@@H]4O[C@H](CO)[C@@H](O)[C@H](O)[C@@H]4O)[C@@H](O)[C@@H]3O)[C@H](O)[C@@H]2O)[C@@H]1O. The molecule has 7 heterocycles. The van der Waals surface area contributed by atoms with Crippen molar-refractivity contribution >= 4 is 11.9 Å². The highest BCUT2D eigenvalue weighted by Crippen LogP contribution is 2.39. The lowest BCUT2D eigenvalue weighted by Gasteiger charge is -2.50. The summed E-state index contributed by atoms with van der Waals surface area (Å²) in [5.41, 5.74) is 0. The number of rotatable bonds is 21. The minimum absolute atomic E-state index is 0.855. The van der Waals surface area contributed by atoms with Crippen molar-refractivity contribution < 1.29 is 188 Å². The van der Waals surface area contributed by atoms with Crippen LogP contribution in [0.1, 0.15) is 13.8 Å². The maximum atomic E-state index is 12.6. The molecule has 0 spiro atoms. The minimum Gasteiger partial charge on any atom is -0.454 e. The lowest BCUT2D eigenvalue weighted by molar-refractivity contribution is -0.398. The Balaban J connectivity index is 1.02. The predicted octanol–water partition coefficient (Wildman–Crippen LogP) is -15.1. The Morgan fingerprint density at radius 1 is 0.262 bits per heavy atom. The normalized spacial score (nSPS) is 50.3. The van der Waals surface area contributed by atoms with Gasteiger partial charge in [-0.05, 0) is 0 Å². The van der Waals surface area contributed by atoms with Crippen LogP contribution in [-0.2, 0) is 80.6 Å². The summed E-state index contributed by atoms with van der Waals surface area (Å²) in [7, 11) is 0. The Hall–Kier alpha value is -2.42. The van der Waals surface area contributed by atoms with E-state index >= 15 is 0 Å². The predicted molar refractivity (Wildman–Crippen MR) is 251 cm³/mol. The molecule has 7 aliphatic rings. The highest BCUT2D eigenvalue weighted by Gasteiger charge is 2.59. The summed E-state index contributed by atoms with van der Waals surface area (Å²) >= 11 is 0. The molecule has 7 fully saturated rings. The molecule has 7 saturated heterocycles. The summed E-state index contributed by atoms with van der Waals surface area (Å²) in [6.07, 6.45) is -68.3. The van der Waals surface area contributed by atoms with Crippen molar-refractivity contribution in [2.24, 2.45) is 0 Å². The van der Waals surface area contributed by atoms with E-state index in [1.165, 1.54) is 0 Å². The number of hydrogen-bond acceptors (Lipinski definition) is 38. The molecule has 0 aliphatic carbocycles. The number of carbonyl (C=O) groups excluding carboxylic acids is 2. The molecule has 0 amide bonds. The van der Waals surface area contributed by atoms with E-state index in [2.05, 4.69) is 0 Å². The molecular weight excluding hydrogens is 1160 g/mol. The summed E-state index contributed by atoms with van der Waals surface area (Å²) in [4.78, 5) is 25.1. The fraction of sp³-hybridized carbons (Fsp3) is 0.957. The van der Waals surface area contributed by atoms with Crippen LogP contribution in [0.4, 0.5) is 0 Å². The van der Waals surface area contributed by atoms with Crippen molar-refractivity contribution in [2.75, 3.05) is 46.2 Å². The summed E-state index contributed by atoms with van der Waals surface area (Å²) < 4.78 is 84.0. The third kappa shape index (κ3) is 14.6. The van der Waals surface area contributed by atoms with E-state index in [-0.39, 0.29) is 0 Å². The van der Waals surface area contributed by atoms with Crippen LogP contribution in [0, 0.1) is 0 Å². The van der Waals surface area contributed by atoms with Gasteiger partial charge in [0.2, 0.25) is 0 Å². The van der Waals surface area contributed by atoms with E-state index in [9.17, 15) is 117 Å². The summed E-state index contributed by atoms with van der Waals surface area (Å²) in [6, 6.07) is 0. The first kappa shape index (κ1) is 69.1. The lowest BCUT2D eigenvalue weighted by atomic mass is 9.95. The number of carbonyl (C=O) groups is 2. The molecule has 84 heavy (non-hydrogen) atoms. The highest BCUT2D eigenvalue weighted by molar-refractivity contribution is 5.66. The molecule has 35 atom stereocenters. The molecule has 0 aromatic heterocycles. The second-order valence-electron chi connectivity index (χ2n) is 20.7. The third-order valence-corrected chi connectivity index (χ3v) is 15.1. The number of aliphatic hydroxyl groups is 21. The number of hydrogen-bond donors (Lipinski definition) is 21. The Morgan fingerprint density at radius 3 is 0.774 bits per heavy atom. The first-order valence-corrected chi connectivity index (χ1v) is 26.4. The molecule has 0 aromatic carbocycles. The monoisotopic (exact) mass is 1240 g/mol. The van der Waals surface area contributed by atoms with Crippen LogP contribution in [0.25, 0.3) is 0 Å². The van der Waals surface area contributed by atoms with E-state index in [1.807, 2.05) is 0 Å². The average Bonchev–Trinajstić information content (AvgIpc) is 1.82. The lowest BCUT2D eigenvalue weighted by Crippen LogP contribution is -2.69. The van der Waals surface area contributed by atoms with Crippen LogP contribution in [-0.4, -0.2) is 380 Å². The third-order valence-electron chi connectivity index (χ3n) is 15.1. The highest BCUT2D eigenvalue weighted by atomic mass is 16.8. The van der Waals surface area contributed by atoms with Gasteiger partial charge in [-0.15, -0.1) is 0 Å². The van der Waals surface area contributed by atoms with Crippen molar-refractivity contribution in [3.8, 4) is 0 Å². The Labute approximate surface area is 474 Å². The van der Waals surface area contributed by atoms with Crippen LogP contribution in [0.15, 0.2) is 0 Å². The first-order chi connectivity index (χ1) is 39.8. The van der Waals surface area contributed by atoms with Gasteiger partial charge in [0.1, 0.15) is 159 Å². The molecule has 488 valence electrons. The van der Waals surface area contributed by atoms with Gasteiger partial charge in [-0.25, -0.2) is 0 Å². The van der Waals surface area contributed by atoms with Gasteiger partial charge in [-0.1, -0.05) is 0 Å². The van der Waals surface area contributed by atoms with Crippen LogP contribution < -0.4 is 0 Å². The fourth-order valence-corrected chi connectivity index (χ4v) is 10.6. The molecule has 7 rings (SSSR count). The van der Waals surface area contributed by atoms with Gasteiger partial charge in [0.05, 0.1) is 46.2 Å². The average molecular weight is 1240 g/mol. The van der Waals surface area contributed by atoms with E-state index in [4.69, 9.17) is 71.1 Å². The number of esters is 2. The van der Waals surface area contributed by atoms with Crippen LogP contribution >= 0.6 is 0 Å². The molecule has 0 saturated carbocycles. The molecule has 38 heteroatoms. The second kappa shape index (κ2) is 29.9. The maximum Gasteiger partial charge on any atom is 0.303 e. The van der Waals surface area contributed by atoms with Gasteiger partial charge in [-0.2, -0.15) is 0 Å². The van der Waals surface area contributed by atoms with Gasteiger partial charge >= 0.3 is 11.9 Å². The van der Waals surface area contributed by atoms with E-state index in [0.717, 1.165) is 13.8 Å². The second-order valence-corrected chi connectivity index (χ2v) is 20.7. The van der Waals surface area contributed by atoms with Crippen LogP contribution in [0.5, 0.6) is 0 Å². The zero-order valence-electron chi connectivity index (χ0n) is 44.5. The van der Waals surface area contributed by atoms with E-state index in [1.54, 1.807) is 0 Å². The molecule has 38 nitrogen and oxygen atoms in total. The van der Waals surface area contributed by atoms with Gasteiger partial charge in [0.15, 0.2) is 56.2 Å². The number of ether oxygens (including phenoxy) is 15. The van der Waals surface area contributed by atoms with Crippen molar-refractivity contribution in [1.82, 2.24) is 0 Å². The van der Waals surface area contributed by atoms with Gasteiger partial charge < -0.3 is 178 Å². The summed E-state index contributed by atoms with van der Waals surface area (Å²) in [6.45, 7) is -5.34. The standard InChI is InChI=1S/C46H76O38/c1-10(54)70-38-30(67)36(82-44-28(65)23(60)34(15(6-50)75-44)81-43-27(64)22(59)33(14(5-49)74-43)80-41-26(63)20(57)19(56)12(3-47)73-41)17(8-52)77-46(38)84-37-18(9-53)78-45(39(31(37)68)71-11(2)55)83-35-16(7-51)76-42(29(66)24(35)61)79-32-13(4-48)72-40(69)25(62)21(32)58/h12-53,56-69H,3-9H2,1-2H3/t12-,13-,14-,15-,16-,17-,18-,19-,20+,21-,22+,23-,24-,25+,26+,27+,28+,29+,30+,31+,32-,33-,34-,35-,36-,37-,38+,39+,40?,41+,42+,43+,44+,45+,46+/m1/s1. The van der Waals surface area contributed by atoms with Crippen molar-refractivity contribution in [3.63, 3.8) is 0 Å². The Morgan fingerprint density at radius 2 is 0.488 bits per heavy atom. The quantitative estimate of drug-likeness (QED) is 0.0475. The smallest absolute Gasteiger partial charge is 0.303 e. The van der Waals surface area contributed by atoms with Crippen molar-refractivity contribution in [3.05, 3.63) is 0 Å². The minimum atomic E-state index is -2.26. The van der Waals surface area contributed by atoms with E-state index in [0.29, 0.717) is 0 Å². The molecule has 0 radical (unpaired) electrons. The number of aliphatic hydroxyl groups excluding tert-OH is 21. The Kier molecular flexibility index (Phi) is 24.6. The fourth-order valence-electron chi connectivity index (χ4n) is 10.6. The van der Waals surface area contributed by atoms with Crippen LogP contribution in [0.3, 0.4) is 0 Å². The molecule has 1 unspecified atom stereocenters. The zero-order chi connectivity index (χ0) is 61.9. The zero-order valence-corrected chi connectivity index (χ0v) is 44.5. The van der Waals surface area contributed by atoms with Crippen molar-refractivity contribution in [1.29, 1.82) is 0 Å². The van der Waals surface area contributed by atoms with Gasteiger partial charge in [0, 0.05) is 13.8 Å². The topological polar surface area (TPSA) is 597 Å². The van der Waals surface area contributed by atoms with Gasteiger partial charge in [0.25, 0.3) is 0 Å². The summed E-state index contributed by atoms with van der Waals surface area (Å²) in [5.74, 6) is -2.25. The van der Waals surface area contributed by atoms with E-state index < -0.39 is 273 Å². The van der Waals surface area contributed by atoms with Crippen LogP contribution in [0.2, 0.25) is 0 Å². The molecule has 0 aromatic rings. The largest absolute Gasteiger partial charge is 0.454 e.